The van der Waals surface area contributed by atoms with Gasteiger partial charge in [0.15, 0.2) is 10.9 Å². The molecule has 0 atom stereocenters. The number of aromatic nitrogens is 2. The number of nitrogens with two attached hydrogens (primary N) is 1. The van der Waals surface area contributed by atoms with E-state index in [0.717, 1.165) is 26.9 Å². The Hall–Kier alpha value is -2.49. The van der Waals surface area contributed by atoms with Crippen LogP contribution in [0.5, 0.6) is 0 Å². The highest BCUT2D eigenvalue weighted by Gasteiger charge is 2.17. The van der Waals surface area contributed by atoms with Crippen molar-refractivity contribution in [2.75, 3.05) is 11.6 Å². The third kappa shape index (κ3) is 3.41. The Kier molecular flexibility index (Phi) is 4.81. The first kappa shape index (κ1) is 17.9. The fraction of sp³-hybridized carbons (Fsp3) is 0.0556. The first-order valence-corrected chi connectivity index (χ1v) is 10.5. The minimum atomic E-state index is -0.402. The van der Waals surface area contributed by atoms with Crippen molar-refractivity contribution < 1.29 is 9.18 Å². The summed E-state index contributed by atoms with van der Waals surface area (Å²) in [4.78, 5) is 31.0. The first-order chi connectivity index (χ1) is 13.0. The van der Waals surface area contributed by atoms with Gasteiger partial charge in [0.2, 0.25) is 0 Å². The Balaban J connectivity index is 1.63. The van der Waals surface area contributed by atoms with Crippen LogP contribution in [0.4, 0.5) is 4.39 Å². The standard InChI is InChI=1S/C18H12FN3O2S3/c19-11-5-3-10(4-6-11)13(23)9-27-18-21-16-15(17(24)22(18)20)12(8-26-16)14-2-1-7-25-14/h1-8H,9,20H2. The van der Waals surface area contributed by atoms with Gasteiger partial charge in [0.1, 0.15) is 10.6 Å². The van der Waals surface area contributed by atoms with Gasteiger partial charge < -0.3 is 5.84 Å². The maximum absolute atomic E-state index is 13.0. The SMILES string of the molecule is Nn1c(SCC(=O)c2ccc(F)cc2)nc2scc(-c3cccs3)c2c1=O. The first-order valence-electron chi connectivity index (χ1n) is 7.79. The summed E-state index contributed by atoms with van der Waals surface area (Å²) in [6.07, 6.45) is 0. The van der Waals surface area contributed by atoms with Crippen molar-refractivity contribution in [2.45, 2.75) is 5.16 Å². The molecular weight excluding hydrogens is 405 g/mol. The quantitative estimate of drug-likeness (QED) is 0.230. The smallest absolute Gasteiger partial charge is 0.282 e. The molecule has 0 bridgehead atoms. The minimum absolute atomic E-state index is 0.0456. The number of fused-ring (bicyclic) bond motifs is 1. The molecule has 9 heteroatoms. The molecule has 3 heterocycles. The molecular formula is C18H12FN3O2S3. The number of thioether (sulfide) groups is 1. The summed E-state index contributed by atoms with van der Waals surface area (Å²) >= 11 is 3.99. The molecule has 0 aliphatic heterocycles. The van der Waals surface area contributed by atoms with Gasteiger partial charge in [0.05, 0.1) is 11.1 Å². The summed E-state index contributed by atoms with van der Waals surface area (Å²) in [7, 11) is 0. The van der Waals surface area contributed by atoms with Crippen molar-refractivity contribution in [1.82, 2.24) is 9.66 Å². The van der Waals surface area contributed by atoms with Gasteiger partial charge in [-0.05, 0) is 35.7 Å². The van der Waals surface area contributed by atoms with Crippen molar-refractivity contribution >= 4 is 50.4 Å². The average molecular weight is 418 g/mol. The van der Waals surface area contributed by atoms with Crippen molar-refractivity contribution in [3.63, 3.8) is 0 Å². The van der Waals surface area contributed by atoms with Crippen LogP contribution in [-0.2, 0) is 0 Å². The maximum atomic E-state index is 13.0. The normalized spacial score (nSPS) is 11.1. The topological polar surface area (TPSA) is 78.0 Å². The molecule has 0 saturated carbocycles. The van der Waals surface area contributed by atoms with Crippen molar-refractivity contribution in [1.29, 1.82) is 0 Å². The van der Waals surface area contributed by atoms with Gasteiger partial charge >= 0.3 is 0 Å². The third-order valence-corrected chi connectivity index (χ3v) is 6.62. The number of thiophene rings is 2. The summed E-state index contributed by atoms with van der Waals surface area (Å²) in [6.45, 7) is 0. The predicted molar refractivity (Wildman–Crippen MR) is 109 cm³/mol. The van der Waals surface area contributed by atoms with E-state index in [2.05, 4.69) is 4.98 Å². The van der Waals surface area contributed by atoms with Crippen LogP contribution in [-0.4, -0.2) is 21.2 Å². The Morgan fingerprint density at radius 3 is 2.70 bits per heavy atom. The monoisotopic (exact) mass is 417 g/mol. The third-order valence-electron chi connectivity index (χ3n) is 3.89. The molecule has 2 N–H and O–H groups in total. The Morgan fingerprint density at radius 2 is 2.00 bits per heavy atom. The van der Waals surface area contributed by atoms with E-state index in [4.69, 9.17) is 5.84 Å². The summed E-state index contributed by atoms with van der Waals surface area (Å²) in [6, 6.07) is 9.19. The lowest BCUT2D eigenvalue weighted by atomic mass is 10.1. The van der Waals surface area contributed by atoms with Crippen LogP contribution in [0.15, 0.2) is 57.1 Å². The highest BCUT2D eigenvalue weighted by molar-refractivity contribution is 7.99. The second-order valence-electron chi connectivity index (χ2n) is 5.60. The molecule has 0 radical (unpaired) electrons. The predicted octanol–water partition coefficient (Wildman–Crippen LogP) is 4.01. The molecule has 0 spiro atoms. The van der Waals surface area contributed by atoms with E-state index >= 15 is 0 Å². The van der Waals surface area contributed by atoms with E-state index in [-0.39, 0.29) is 22.3 Å². The number of nitrogen functional groups attached to an aromatic ring is 1. The van der Waals surface area contributed by atoms with Crippen molar-refractivity contribution in [3.05, 3.63) is 68.9 Å². The van der Waals surface area contributed by atoms with Gasteiger partial charge in [0.25, 0.3) is 5.56 Å². The number of hydrogen-bond donors (Lipinski definition) is 1. The Morgan fingerprint density at radius 1 is 1.22 bits per heavy atom. The van der Waals surface area contributed by atoms with Crippen molar-refractivity contribution in [3.8, 4) is 10.4 Å². The van der Waals surface area contributed by atoms with Gasteiger partial charge in [0, 0.05) is 21.4 Å². The highest BCUT2D eigenvalue weighted by atomic mass is 32.2. The molecule has 0 aliphatic carbocycles. The Bertz CT molecular complexity index is 1180. The van der Waals surface area contributed by atoms with Crippen LogP contribution < -0.4 is 11.4 Å². The van der Waals surface area contributed by atoms with E-state index in [1.165, 1.54) is 35.6 Å². The highest BCUT2D eigenvalue weighted by Crippen LogP contribution is 2.34. The van der Waals surface area contributed by atoms with E-state index < -0.39 is 5.82 Å². The fourth-order valence-corrected chi connectivity index (χ4v) is 5.16. The van der Waals surface area contributed by atoms with Crippen LogP contribution in [0.2, 0.25) is 0 Å². The number of carbonyl (C=O) groups excluding carboxylic acids is 1. The molecule has 27 heavy (non-hydrogen) atoms. The second kappa shape index (κ2) is 7.26. The average Bonchev–Trinajstić information content (AvgIpc) is 3.33. The lowest BCUT2D eigenvalue weighted by molar-refractivity contribution is 0.102. The van der Waals surface area contributed by atoms with E-state index in [9.17, 15) is 14.0 Å². The molecule has 0 fully saturated rings. The summed E-state index contributed by atoms with van der Waals surface area (Å²) < 4.78 is 14.0. The van der Waals surface area contributed by atoms with Crippen LogP contribution in [0, 0.1) is 5.82 Å². The zero-order chi connectivity index (χ0) is 19.0. The van der Waals surface area contributed by atoms with E-state index in [1.807, 2.05) is 22.9 Å². The fourth-order valence-electron chi connectivity index (χ4n) is 2.55. The number of ketones is 1. The summed E-state index contributed by atoms with van der Waals surface area (Å²) in [5.41, 5.74) is 0.869. The van der Waals surface area contributed by atoms with Crippen LogP contribution >= 0.6 is 34.4 Å². The van der Waals surface area contributed by atoms with Gasteiger partial charge in [-0.25, -0.2) is 14.1 Å². The number of rotatable bonds is 5. The zero-order valence-electron chi connectivity index (χ0n) is 13.7. The Labute approximate surface area is 165 Å². The molecule has 1 aromatic carbocycles. The second-order valence-corrected chi connectivity index (χ2v) is 8.34. The van der Waals surface area contributed by atoms with Gasteiger partial charge in [-0.1, -0.05) is 17.8 Å². The van der Waals surface area contributed by atoms with Gasteiger partial charge in [-0.2, -0.15) is 0 Å². The van der Waals surface area contributed by atoms with Crippen LogP contribution in [0.3, 0.4) is 0 Å². The molecule has 0 aliphatic rings. The molecule has 3 aromatic heterocycles. The molecule has 0 amide bonds. The number of hydrogen-bond acceptors (Lipinski definition) is 7. The number of Topliss-reactive ketones (excluding diaryl/α,β-unsaturated/α-hetero) is 1. The van der Waals surface area contributed by atoms with Crippen LogP contribution in [0.1, 0.15) is 10.4 Å². The zero-order valence-corrected chi connectivity index (χ0v) is 16.2. The van der Waals surface area contributed by atoms with Gasteiger partial charge in [-0.15, -0.1) is 22.7 Å². The van der Waals surface area contributed by atoms with Crippen molar-refractivity contribution in [2.24, 2.45) is 0 Å². The van der Waals surface area contributed by atoms with Crippen LogP contribution in [0.25, 0.3) is 20.7 Å². The summed E-state index contributed by atoms with van der Waals surface area (Å²) in [5.74, 6) is 5.39. The molecule has 0 unspecified atom stereocenters. The number of benzene rings is 1. The molecule has 136 valence electrons. The minimum Gasteiger partial charge on any atom is -0.334 e. The molecule has 4 aromatic rings. The lowest BCUT2D eigenvalue weighted by Gasteiger charge is -2.07. The van der Waals surface area contributed by atoms with E-state index in [0.29, 0.717) is 15.8 Å². The number of halogens is 1. The lowest BCUT2D eigenvalue weighted by Crippen LogP contribution is -2.29. The number of nitrogens with zero attached hydrogens (tertiary/aromatic N) is 2. The molecule has 0 saturated heterocycles. The molecule has 4 rings (SSSR count). The van der Waals surface area contributed by atoms with Gasteiger partial charge in [-0.3, -0.25) is 9.59 Å². The largest absolute Gasteiger partial charge is 0.334 e. The number of carbonyl (C=O) groups is 1. The van der Waals surface area contributed by atoms with E-state index in [1.54, 1.807) is 11.3 Å². The molecule has 5 nitrogen and oxygen atoms in total. The maximum Gasteiger partial charge on any atom is 0.282 e. The summed E-state index contributed by atoms with van der Waals surface area (Å²) in [5, 5.41) is 4.59.